The van der Waals surface area contributed by atoms with Crippen LogP contribution in [-0.2, 0) is 6.54 Å². The van der Waals surface area contributed by atoms with Crippen LogP contribution in [0, 0.1) is 0 Å². The van der Waals surface area contributed by atoms with Gasteiger partial charge in [-0.25, -0.2) is 0 Å². The molecule has 3 rings (SSSR count). The zero-order valence-corrected chi connectivity index (χ0v) is 17.5. The standard InChI is InChI=1S/C21H35N3O3/c1-5-22-10-12-24(13-11-22)18-6-8-23(9-7-18)16-17-14-19(25-2)21(27-4)20(15-17)26-3/h14-15,18H,5-13,16H2,1-4H3/p+3. The first-order valence-electron chi connectivity index (χ1n) is 10.5. The summed E-state index contributed by atoms with van der Waals surface area (Å²) in [4.78, 5) is 5.31. The van der Waals surface area contributed by atoms with Crippen molar-refractivity contribution in [3.8, 4) is 17.2 Å². The fraction of sp³-hybridized carbons (Fsp3) is 0.714. The van der Waals surface area contributed by atoms with Crippen LogP contribution in [0.25, 0.3) is 0 Å². The van der Waals surface area contributed by atoms with Crippen LogP contribution in [0.4, 0.5) is 0 Å². The van der Waals surface area contributed by atoms with E-state index in [2.05, 4.69) is 19.1 Å². The van der Waals surface area contributed by atoms with Crippen molar-refractivity contribution in [1.29, 1.82) is 0 Å². The highest BCUT2D eigenvalue weighted by Gasteiger charge is 2.33. The van der Waals surface area contributed by atoms with Gasteiger partial charge in [0.15, 0.2) is 11.5 Å². The fourth-order valence-corrected chi connectivity index (χ4v) is 4.82. The summed E-state index contributed by atoms with van der Waals surface area (Å²) in [7, 11) is 5.02. The van der Waals surface area contributed by atoms with Crippen LogP contribution in [0.15, 0.2) is 12.1 Å². The Morgan fingerprint density at radius 1 is 0.815 bits per heavy atom. The van der Waals surface area contributed by atoms with E-state index in [1.807, 2.05) is 4.90 Å². The van der Waals surface area contributed by atoms with Gasteiger partial charge in [-0.05, 0) is 19.1 Å². The Bertz CT molecular complexity index is 569. The molecule has 152 valence electrons. The van der Waals surface area contributed by atoms with E-state index in [4.69, 9.17) is 14.2 Å². The van der Waals surface area contributed by atoms with Crippen molar-refractivity contribution in [2.75, 3.05) is 67.1 Å². The maximum Gasteiger partial charge on any atom is 0.203 e. The maximum atomic E-state index is 5.50. The van der Waals surface area contributed by atoms with Gasteiger partial charge in [0.05, 0.1) is 47.0 Å². The van der Waals surface area contributed by atoms with E-state index in [9.17, 15) is 0 Å². The molecule has 0 bridgehead atoms. The number of ether oxygens (including phenoxy) is 3. The summed E-state index contributed by atoms with van der Waals surface area (Å²) in [6.07, 6.45) is 2.69. The van der Waals surface area contributed by atoms with Crippen molar-refractivity contribution in [3.05, 3.63) is 17.7 Å². The molecule has 6 nitrogen and oxygen atoms in total. The largest absolute Gasteiger partial charge is 0.493 e. The van der Waals surface area contributed by atoms with Crippen molar-refractivity contribution < 1.29 is 28.9 Å². The van der Waals surface area contributed by atoms with Crippen molar-refractivity contribution in [3.63, 3.8) is 0 Å². The third kappa shape index (κ3) is 4.86. The van der Waals surface area contributed by atoms with Gasteiger partial charge in [-0.15, -0.1) is 0 Å². The van der Waals surface area contributed by atoms with E-state index in [0.717, 1.165) is 24.1 Å². The van der Waals surface area contributed by atoms with Gasteiger partial charge in [0, 0.05) is 18.4 Å². The predicted molar refractivity (Wildman–Crippen MR) is 105 cm³/mol. The lowest BCUT2D eigenvalue weighted by Gasteiger charge is -2.37. The smallest absolute Gasteiger partial charge is 0.203 e. The second-order valence-corrected chi connectivity index (χ2v) is 8.00. The lowest BCUT2D eigenvalue weighted by molar-refractivity contribution is -1.03. The van der Waals surface area contributed by atoms with Gasteiger partial charge in [-0.1, -0.05) is 0 Å². The molecular weight excluding hydrogens is 342 g/mol. The molecule has 2 heterocycles. The average Bonchev–Trinajstić information content (AvgIpc) is 2.73. The van der Waals surface area contributed by atoms with Gasteiger partial charge in [-0.3, -0.25) is 0 Å². The Labute approximate surface area is 164 Å². The van der Waals surface area contributed by atoms with Crippen LogP contribution >= 0.6 is 0 Å². The Kier molecular flexibility index (Phi) is 7.21. The molecule has 2 aliphatic heterocycles. The minimum atomic E-state index is 0.675. The van der Waals surface area contributed by atoms with Crippen LogP contribution in [0.5, 0.6) is 17.2 Å². The van der Waals surface area contributed by atoms with Gasteiger partial charge in [-0.2, -0.15) is 0 Å². The molecule has 6 heteroatoms. The summed E-state index contributed by atoms with van der Waals surface area (Å²) in [5.74, 6) is 2.18. The van der Waals surface area contributed by atoms with Crippen LogP contribution in [0.2, 0.25) is 0 Å². The maximum absolute atomic E-state index is 5.50. The first-order chi connectivity index (χ1) is 13.2. The van der Waals surface area contributed by atoms with E-state index in [1.165, 1.54) is 64.2 Å². The minimum absolute atomic E-state index is 0.675. The zero-order chi connectivity index (χ0) is 19.2. The third-order valence-electron chi connectivity index (χ3n) is 6.55. The Morgan fingerprint density at radius 2 is 1.41 bits per heavy atom. The molecule has 2 saturated heterocycles. The molecule has 0 spiro atoms. The average molecular weight is 381 g/mol. The Balaban J connectivity index is 1.55. The third-order valence-corrected chi connectivity index (χ3v) is 6.55. The SMILES string of the molecule is CC[NH+]1CC[NH+](C2CC[NH+](Cc3cc(OC)c(OC)c(OC)c3)CC2)CC1. The Morgan fingerprint density at radius 3 is 1.89 bits per heavy atom. The van der Waals surface area contributed by atoms with Crippen LogP contribution in [0.3, 0.4) is 0 Å². The molecule has 3 N–H and O–H groups in total. The highest BCUT2D eigenvalue weighted by Crippen LogP contribution is 2.37. The number of likely N-dealkylation sites (tertiary alicyclic amines) is 1. The lowest BCUT2D eigenvalue weighted by Crippen LogP contribution is -3.30. The molecule has 1 aromatic carbocycles. The van der Waals surface area contributed by atoms with E-state index >= 15 is 0 Å². The number of nitrogens with one attached hydrogen (secondary N) is 3. The lowest BCUT2D eigenvalue weighted by atomic mass is 10.0. The van der Waals surface area contributed by atoms with E-state index in [-0.39, 0.29) is 0 Å². The van der Waals surface area contributed by atoms with Crippen LogP contribution in [-0.4, -0.2) is 73.2 Å². The molecule has 0 unspecified atom stereocenters. The first-order valence-corrected chi connectivity index (χ1v) is 10.5. The summed E-state index contributed by atoms with van der Waals surface area (Å²) in [5.41, 5.74) is 1.26. The summed E-state index contributed by atoms with van der Waals surface area (Å²) >= 11 is 0. The van der Waals surface area contributed by atoms with Gasteiger partial charge in [0.1, 0.15) is 32.7 Å². The molecule has 2 aliphatic rings. The number of methoxy groups -OCH3 is 3. The molecule has 1 aromatic rings. The van der Waals surface area contributed by atoms with Gasteiger partial charge in [0.25, 0.3) is 0 Å². The normalized spacial score (nSPS) is 28.6. The van der Waals surface area contributed by atoms with Crippen LogP contribution in [0.1, 0.15) is 25.3 Å². The van der Waals surface area contributed by atoms with E-state index < -0.39 is 0 Å². The first kappa shape index (κ1) is 20.2. The molecule has 27 heavy (non-hydrogen) atoms. The van der Waals surface area contributed by atoms with Gasteiger partial charge >= 0.3 is 0 Å². The van der Waals surface area contributed by atoms with E-state index in [1.54, 1.807) is 31.1 Å². The molecule has 0 aromatic heterocycles. The molecule has 0 saturated carbocycles. The fourth-order valence-electron chi connectivity index (χ4n) is 4.82. The van der Waals surface area contributed by atoms with Gasteiger partial charge in [0.2, 0.25) is 5.75 Å². The molecular formula is C21H38N3O3+3. The monoisotopic (exact) mass is 380 g/mol. The van der Waals surface area contributed by atoms with Crippen LogP contribution < -0.4 is 28.9 Å². The quantitative estimate of drug-likeness (QED) is 0.516. The van der Waals surface area contributed by atoms with Crippen molar-refractivity contribution >= 4 is 0 Å². The van der Waals surface area contributed by atoms with Crippen molar-refractivity contribution in [2.45, 2.75) is 32.4 Å². The second-order valence-electron chi connectivity index (χ2n) is 8.00. The Hall–Kier alpha value is -1.50. The van der Waals surface area contributed by atoms with Crippen molar-refractivity contribution in [2.24, 2.45) is 0 Å². The number of piperazine rings is 1. The topological polar surface area (TPSA) is 41.0 Å². The molecule has 0 radical (unpaired) electrons. The van der Waals surface area contributed by atoms with E-state index in [0.29, 0.717) is 5.75 Å². The molecule has 0 amide bonds. The minimum Gasteiger partial charge on any atom is -0.493 e. The summed E-state index contributed by atoms with van der Waals surface area (Å²) < 4.78 is 16.4. The molecule has 0 atom stereocenters. The number of benzene rings is 1. The number of hydrogen-bond acceptors (Lipinski definition) is 3. The number of hydrogen-bond donors (Lipinski definition) is 3. The number of likely N-dealkylation sites (N-methyl/N-ethyl adjacent to an activating group) is 1. The van der Waals surface area contributed by atoms with Gasteiger partial charge < -0.3 is 28.9 Å². The summed E-state index contributed by atoms with van der Waals surface area (Å²) in [6, 6.07) is 5.06. The zero-order valence-electron chi connectivity index (χ0n) is 17.5. The number of piperidine rings is 1. The molecule has 0 aliphatic carbocycles. The van der Waals surface area contributed by atoms with Crippen molar-refractivity contribution in [1.82, 2.24) is 0 Å². The number of quaternary nitrogens is 3. The predicted octanol–water partition coefficient (Wildman–Crippen LogP) is -1.94. The summed E-state index contributed by atoms with van der Waals surface area (Å²) in [5, 5.41) is 0. The summed E-state index contributed by atoms with van der Waals surface area (Å²) in [6.45, 7) is 12.5. The molecule has 2 fully saturated rings. The second kappa shape index (κ2) is 9.62. The highest BCUT2D eigenvalue weighted by atomic mass is 16.5. The number of rotatable bonds is 7. The highest BCUT2D eigenvalue weighted by molar-refractivity contribution is 5.53.